The van der Waals surface area contributed by atoms with Crippen molar-refractivity contribution >= 4 is 34.1 Å². The molecule has 0 saturated carbocycles. The van der Waals surface area contributed by atoms with Crippen LogP contribution in [0, 0.1) is 68.2 Å². The van der Waals surface area contributed by atoms with Gasteiger partial charge in [0.05, 0.1) is 19.7 Å². The molecule has 0 bridgehead atoms. The van der Waals surface area contributed by atoms with Gasteiger partial charge in [-0.05, 0) is 64.5 Å². The van der Waals surface area contributed by atoms with Crippen LogP contribution >= 0.6 is 0 Å². The molecule has 0 radical (unpaired) electrons. The number of aryl methyl sites for hydroxylation is 2. The molecule has 2 aromatic rings. The molecular formula is C26H38N6O8. The molecule has 40 heavy (non-hydrogen) atoms. The fourth-order valence-corrected chi connectivity index (χ4v) is 4.19. The van der Waals surface area contributed by atoms with Crippen molar-refractivity contribution in [3.8, 4) is 0 Å². The minimum Gasteiger partial charge on any atom is -0.371 e. The van der Waals surface area contributed by atoms with E-state index in [-0.39, 0.29) is 46.2 Å². The molecule has 0 unspecified atom stereocenters. The third kappa shape index (κ3) is 7.83. The van der Waals surface area contributed by atoms with Crippen molar-refractivity contribution in [2.45, 2.75) is 93.2 Å². The second-order valence-corrected chi connectivity index (χ2v) is 9.47. The average Bonchev–Trinajstić information content (AvgIpc) is 2.88. The molecule has 0 amide bonds. The summed E-state index contributed by atoms with van der Waals surface area (Å²) in [5, 5.41) is 50.8. The van der Waals surface area contributed by atoms with Crippen molar-refractivity contribution < 1.29 is 19.7 Å². The smallest absolute Gasteiger partial charge is 0.302 e. The summed E-state index contributed by atoms with van der Waals surface area (Å²) < 4.78 is 0. The SMILES string of the molecule is CCC(CC)Nc1c([N+](=O)[O-])cc(C)c(C)c1[N+](=O)[O-].CCC(CC)Nc1c([N+](=O)[O-])cc(C)c(C)c1[N+](=O)[O-]. The van der Waals surface area contributed by atoms with E-state index in [2.05, 4.69) is 10.6 Å². The molecule has 220 valence electrons. The Kier molecular flexibility index (Phi) is 12.4. The van der Waals surface area contributed by atoms with Gasteiger partial charge in [0.25, 0.3) is 11.4 Å². The molecule has 0 aliphatic heterocycles. The fourth-order valence-electron chi connectivity index (χ4n) is 4.19. The molecule has 0 fully saturated rings. The quantitative estimate of drug-likeness (QED) is 0.193. The van der Waals surface area contributed by atoms with Crippen LogP contribution in [0.1, 0.15) is 75.6 Å². The van der Waals surface area contributed by atoms with Crippen LogP contribution in [-0.2, 0) is 0 Å². The Morgan fingerprint density at radius 3 is 1.05 bits per heavy atom. The maximum absolute atomic E-state index is 11.3. The highest BCUT2D eigenvalue weighted by atomic mass is 16.6. The van der Waals surface area contributed by atoms with Gasteiger partial charge in [-0.15, -0.1) is 0 Å². The highest BCUT2D eigenvalue weighted by molar-refractivity contribution is 5.78. The normalized spacial score (nSPS) is 10.7. The molecule has 0 spiro atoms. The molecule has 0 aliphatic rings. The third-order valence-electron chi connectivity index (χ3n) is 7.01. The molecule has 0 aromatic heterocycles. The Bertz CT molecular complexity index is 1180. The number of rotatable bonds is 12. The molecule has 0 atom stereocenters. The lowest BCUT2D eigenvalue weighted by Gasteiger charge is -2.17. The maximum Gasteiger partial charge on any atom is 0.302 e. The Morgan fingerprint density at radius 1 is 0.575 bits per heavy atom. The first-order valence-electron chi connectivity index (χ1n) is 13.0. The standard InChI is InChI=1S/2C13H19N3O4/c2*1-5-10(6-2)14-12-11(15(17)18)7-8(3)9(4)13(12)16(19)20/h2*7,10,14H,5-6H2,1-4H3. The molecule has 0 aliphatic carbocycles. The number of hydrogen-bond acceptors (Lipinski definition) is 10. The highest BCUT2D eigenvalue weighted by Gasteiger charge is 2.31. The summed E-state index contributed by atoms with van der Waals surface area (Å²) in [4.78, 5) is 42.6. The molecule has 14 nitrogen and oxygen atoms in total. The molecule has 0 saturated heterocycles. The van der Waals surface area contributed by atoms with E-state index in [0.717, 1.165) is 25.7 Å². The molecule has 14 heteroatoms. The van der Waals surface area contributed by atoms with E-state index >= 15 is 0 Å². The van der Waals surface area contributed by atoms with Crippen LogP contribution in [0.4, 0.5) is 34.1 Å². The van der Waals surface area contributed by atoms with Gasteiger partial charge in [-0.2, -0.15) is 0 Å². The Morgan fingerprint density at radius 2 is 0.850 bits per heavy atom. The molecule has 2 N–H and O–H groups in total. The third-order valence-corrected chi connectivity index (χ3v) is 7.01. The zero-order valence-corrected chi connectivity index (χ0v) is 24.2. The largest absolute Gasteiger partial charge is 0.371 e. The molecular weight excluding hydrogens is 524 g/mol. The van der Waals surface area contributed by atoms with E-state index in [1.807, 2.05) is 27.7 Å². The summed E-state index contributed by atoms with van der Waals surface area (Å²) in [5.74, 6) is 0. The number of nitrogens with zero attached hydrogens (tertiary/aromatic N) is 4. The maximum atomic E-state index is 11.3. The number of nitro benzene ring substituents is 4. The van der Waals surface area contributed by atoms with Crippen molar-refractivity contribution in [1.82, 2.24) is 0 Å². The van der Waals surface area contributed by atoms with Gasteiger partial charge in [-0.25, -0.2) is 0 Å². The number of hydrogen-bond donors (Lipinski definition) is 2. The van der Waals surface area contributed by atoms with E-state index in [1.165, 1.54) is 12.1 Å². The molecule has 2 aromatic carbocycles. The summed E-state index contributed by atoms with van der Waals surface area (Å²) in [6, 6.07) is 2.70. The predicted molar refractivity (Wildman–Crippen MR) is 154 cm³/mol. The summed E-state index contributed by atoms with van der Waals surface area (Å²) in [6.45, 7) is 14.2. The zero-order valence-electron chi connectivity index (χ0n) is 24.2. The van der Waals surface area contributed by atoms with Gasteiger partial charge in [0, 0.05) is 35.3 Å². The predicted octanol–water partition coefficient (Wildman–Crippen LogP) is 7.44. The second-order valence-electron chi connectivity index (χ2n) is 9.47. The van der Waals surface area contributed by atoms with Crippen LogP contribution in [0.2, 0.25) is 0 Å². The fraction of sp³-hybridized carbons (Fsp3) is 0.538. The summed E-state index contributed by atoms with van der Waals surface area (Å²) in [6.07, 6.45) is 2.94. The van der Waals surface area contributed by atoms with Gasteiger partial charge in [-0.1, -0.05) is 27.7 Å². The molecule has 2 rings (SSSR count). The van der Waals surface area contributed by atoms with E-state index in [1.54, 1.807) is 27.7 Å². The topological polar surface area (TPSA) is 197 Å². The Balaban J connectivity index is 0.000000400. The Hall–Kier alpha value is -4.36. The minimum atomic E-state index is -0.579. The van der Waals surface area contributed by atoms with Crippen molar-refractivity contribution in [1.29, 1.82) is 0 Å². The van der Waals surface area contributed by atoms with Crippen LogP contribution in [0.3, 0.4) is 0 Å². The summed E-state index contributed by atoms with van der Waals surface area (Å²) >= 11 is 0. The van der Waals surface area contributed by atoms with Crippen LogP contribution < -0.4 is 10.6 Å². The second kappa shape index (κ2) is 14.7. The van der Waals surface area contributed by atoms with Gasteiger partial charge in [0.2, 0.25) is 0 Å². The minimum absolute atomic E-state index is 0.0109. The van der Waals surface area contributed by atoms with E-state index in [9.17, 15) is 40.5 Å². The first-order valence-corrected chi connectivity index (χ1v) is 13.0. The lowest BCUT2D eigenvalue weighted by molar-refractivity contribution is -0.393. The van der Waals surface area contributed by atoms with Crippen molar-refractivity contribution in [3.05, 3.63) is 74.8 Å². The van der Waals surface area contributed by atoms with Crippen molar-refractivity contribution in [2.24, 2.45) is 0 Å². The molecule has 0 heterocycles. The van der Waals surface area contributed by atoms with Crippen LogP contribution in [0.5, 0.6) is 0 Å². The first kappa shape index (κ1) is 33.7. The monoisotopic (exact) mass is 562 g/mol. The number of benzene rings is 2. The van der Waals surface area contributed by atoms with Crippen molar-refractivity contribution in [2.75, 3.05) is 10.6 Å². The van der Waals surface area contributed by atoms with Crippen LogP contribution in [0.25, 0.3) is 0 Å². The highest BCUT2D eigenvalue weighted by Crippen LogP contribution is 2.40. The summed E-state index contributed by atoms with van der Waals surface area (Å²) in [7, 11) is 0. The lowest BCUT2D eigenvalue weighted by Crippen LogP contribution is -2.19. The summed E-state index contributed by atoms with van der Waals surface area (Å²) in [5.41, 5.74) is 1.11. The van der Waals surface area contributed by atoms with Gasteiger partial charge in [-0.3, -0.25) is 40.5 Å². The van der Waals surface area contributed by atoms with E-state index in [0.29, 0.717) is 22.3 Å². The average molecular weight is 563 g/mol. The Labute approximate surface area is 232 Å². The van der Waals surface area contributed by atoms with Crippen molar-refractivity contribution in [3.63, 3.8) is 0 Å². The lowest BCUT2D eigenvalue weighted by atomic mass is 10.0. The van der Waals surface area contributed by atoms with Crippen LogP contribution in [-0.4, -0.2) is 31.8 Å². The number of nitro groups is 4. The van der Waals surface area contributed by atoms with Gasteiger partial charge < -0.3 is 10.6 Å². The number of nitrogens with one attached hydrogen (secondary N) is 2. The zero-order chi connectivity index (χ0) is 30.9. The van der Waals surface area contributed by atoms with E-state index in [4.69, 9.17) is 0 Å². The number of anilines is 2. The van der Waals surface area contributed by atoms with Gasteiger partial charge in [0.1, 0.15) is 0 Å². The van der Waals surface area contributed by atoms with Crippen LogP contribution in [0.15, 0.2) is 12.1 Å². The van der Waals surface area contributed by atoms with Gasteiger partial charge >= 0.3 is 11.4 Å². The first-order chi connectivity index (χ1) is 18.7. The van der Waals surface area contributed by atoms with E-state index < -0.39 is 19.7 Å². The van der Waals surface area contributed by atoms with Gasteiger partial charge in [0.15, 0.2) is 11.4 Å².